The number of Topliss-reactive ketones (excluding diaryl/α,β-unsaturated/α-hetero) is 1. The predicted molar refractivity (Wildman–Crippen MR) is 58.5 cm³/mol. The largest absolute Gasteiger partial charge is 0.298 e. The molecule has 0 aliphatic rings. The van der Waals surface area contributed by atoms with E-state index in [-0.39, 0.29) is 29.2 Å². The van der Waals surface area contributed by atoms with Crippen LogP contribution in [0, 0.1) is 5.82 Å². The normalized spacial score (nSPS) is 10.2. The van der Waals surface area contributed by atoms with Crippen molar-refractivity contribution in [2.75, 3.05) is 5.33 Å². The Labute approximate surface area is 95.4 Å². The van der Waals surface area contributed by atoms with Gasteiger partial charge in [-0.2, -0.15) is 0 Å². The maximum atomic E-state index is 13.3. The minimum atomic E-state index is -0.363. The van der Waals surface area contributed by atoms with Gasteiger partial charge in [0.1, 0.15) is 11.6 Å². The van der Waals surface area contributed by atoms with Crippen molar-refractivity contribution in [1.82, 2.24) is 0 Å². The van der Waals surface area contributed by atoms with Crippen LogP contribution in [0.25, 0.3) is 0 Å². The van der Waals surface area contributed by atoms with Crippen LogP contribution in [0.3, 0.4) is 0 Å². The average molecular weight is 280 g/mol. The van der Waals surface area contributed by atoms with E-state index in [1.54, 1.807) is 12.1 Å². The SMILES string of the molecule is O=C(CBr)Cc1c(F)cccc1CCl. The summed E-state index contributed by atoms with van der Waals surface area (Å²) in [5.74, 6) is -0.193. The maximum Gasteiger partial charge on any atom is 0.147 e. The van der Waals surface area contributed by atoms with E-state index >= 15 is 0 Å². The molecular formula is C10H9BrClFO. The molecule has 76 valence electrons. The monoisotopic (exact) mass is 278 g/mol. The molecule has 0 heterocycles. The Morgan fingerprint density at radius 2 is 2.21 bits per heavy atom. The lowest BCUT2D eigenvalue weighted by Gasteiger charge is -2.06. The second-order valence-electron chi connectivity index (χ2n) is 2.86. The Morgan fingerprint density at radius 1 is 1.50 bits per heavy atom. The molecule has 0 atom stereocenters. The third-order valence-corrected chi connectivity index (χ3v) is 2.80. The Kier molecular flexibility index (Phi) is 4.55. The molecule has 0 aromatic heterocycles. The number of alkyl halides is 2. The van der Waals surface area contributed by atoms with Crippen molar-refractivity contribution in [3.05, 3.63) is 35.1 Å². The van der Waals surface area contributed by atoms with Crippen molar-refractivity contribution in [1.29, 1.82) is 0 Å². The van der Waals surface area contributed by atoms with Gasteiger partial charge in [0.15, 0.2) is 0 Å². The van der Waals surface area contributed by atoms with Crippen LogP contribution < -0.4 is 0 Å². The Hall–Kier alpha value is -0.410. The molecule has 4 heteroatoms. The lowest BCUT2D eigenvalue weighted by atomic mass is 10.0. The first-order valence-electron chi connectivity index (χ1n) is 4.09. The smallest absolute Gasteiger partial charge is 0.147 e. The highest BCUT2D eigenvalue weighted by molar-refractivity contribution is 9.09. The van der Waals surface area contributed by atoms with Crippen LogP contribution in [0.15, 0.2) is 18.2 Å². The van der Waals surface area contributed by atoms with Gasteiger partial charge in [-0.1, -0.05) is 28.1 Å². The third-order valence-electron chi connectivity index (χ3n) is 1.88. The van der Waals surface area contributed by atoms with Gasteiger partial charge < -0.3 is 0 Å². The Balaban J connectivity index is 2.98. The summed E-state index contributed by atoms with van der Waals surface area (Å²) in [6.45, 7) is 0. The van der Waals surface area contributed by atoms with Gasteiger partial charge in [0, 0.05) is 12.3 Å². The zero-order valence-electron chi connectivity index (χ0n) is 7.40. The first-order valence-corrected chi connectivity index (χ1v) is 5.74. The number of rotatable bonds is 4. The van der Waals surface area contributed by atoms with Crippen LogP contribution in [0.1, 0.15) is 11.1 Å². The minimum absolute atomic E-state index is 0.0542. The lowest BCUT2D eigenvalue weighted by Crippen LogP contribution is -2.07. The van der Waals surface area contributed by atoms with E-state index in [9.17, 15) is 9.18 Å². The van der Waals surface area contributed by atoms with Gasteiger partial charge in [-0.15, -0.1) is 11.6 Å². The van der Waals surface area contributed by atoms with Crippen LogP contribution in [0.4, 0.5) is 4.39 Å². The van der Waals surface area contributed by atoms with Crippen LogP contribution >= 0.6 is 27.5 Å². The molecular weight excluding hydrogens is 270 g/mol. The summed E-state index contributed by atoms with van der Waals surface area (Å²) in [6, 6.07) is 4.66. The fraction of sp³-hybridized carbons (Fsp3) is 0.300. The molecule has 0 saturated heterocycles. The van der Waals surface area contributed by atoms with E-state index < -0.39 is 0 Å². The topological polar surface area (TPSA) is 17.1 Å². The molecule has 0 unspecified atom stereocenters. The molecule has 0 N–H and O–H groups in total. The first kappa shape index (κ1) is 11.7. The van der Waals surface area contributed by atoms with Gasteiger partial charge in [-0.05, 0) is 17.2 Å². The summed E-state index contributed by atoms with van der Waals surface area (Å²) < 4.78 is 13.3. The predicted octanol–water partition coefficient (Wildman–Crippen LogP) is 3.07. The fourth-order valence-corrected chi connectivity index (χ4v) is 1.62. The lowest BCUT2D eigenvalue weighted by molar-refractivity contribution is -0.115. The van der Waals surface area contributed by atoms with Gasteiger partial charge in [0.2, 0.25) is 0 Å². The standard InChI is InChI=1S/C10H9BrClFO/c11-5-8(14)4-9-7(6-12)2-1-3-10(9)13/h1-3H,4-6H2. The van der Waals surface area contributed by atoms with E-state index in [1.165, 1.54) is 6.07 Å². The number of hydrogen-bond donors (Lipinski definition) is 0. The molecule has 1 aromatic rings. The van der Waals surface area contributed by atoms with Crippen LogP contribution in [-0.4, -0.2) is 11.1 Å². The summed E-state index contributed by atoms with van der Waals surface area (Å²) in [7, 11) is 0. The second-order valence-corrected chi connectivity index (χ2v) is 3.69. The van der Waals surface area contributed by atoms with E-state index in [1.807, 2.05) is 0 Å². The number of ketones is 1. The van der Waals surface area contributed by atoms with Crippen molar-refractivity contribution in [3.63, 3.8) is 0 Å². The summed E-state index contributed by atoms with van der Waals surface area (Å²) in [6.07, 6.45) is 0.0972. The minimum Gasteiger partial charge on any atom is -0.298 e. The molecule has 1 aromatic carbocycles. The molecule has 0 saturated carbocycles. The first-order chi connectivity index (χ1) is 6.69. The molecule has 0 amide bonds. The zero-order chi connectivity index (χ0) is 10.6. The average Bonchev–Trinajstić information content (AvgIpc) is 2.20. The van der Waals surface area contributed by atoms with Gasteiger partial charge in [-0.25, -0.2) is 4.39 Å². The third kappa shape index (κ3) is 2.79. The molecule has 0 aliphatic carbocycles. The van der Waals surface area contributed by atoms with E-state index in [0.29, 0.717) is 11.1 Å². The van der Waals surface area contributed by atoms with Gasteiger partial charge in [0.25, 0.3) is 0 Å². The summed E-state index contributed by atoms with van der Waals surface area (Å²) in [4.78, 5) is 11.1. The van der Waals surface area contributed by atoms with E-state index in [0.717, 1.165) is 0 Å². The molecule has 0 fully saturated rings. The van der Waals surface area contributed by atoms with Gasteiger partial charge in [0.05, 0.1) is 5.33 Å². The van der Waals surface area contributed by atoms with Crippen molar-refractivity contribution >= 4 is 33.3 Å². The van der Waals surface area contributed by atoms with Crippen molar-refractivity contribution in [2.45, 2.75) is 12.3 Å². The molecule has 1 nitrogen and oxygen atoms in total. The number of carbonyl (C=O) groups excluding carboxylic acids is 1. The van der Waals surface area contributed by atoms with Crippen molar-refractivity contribution in [3.8, 4) is 0 Å². The summed E-state index contributed by atoms with van der Waals surface area (Å²) >= 11 is 8.68. The zero-order valence-corrected chi connectivity index (χ0v) is 9.74. The van der Waals surface area contributed by atoms with Crippen molar-refractivity contribution < 1.29 is 9.18 Å². The Bertz CT molecular complexity index is 341. The summed E-state index contributed by atoms with van der Waals surface area (Å²) in [5, 5.41) is 0.239. The van der Waals surface area contributed by atoms with Crippen LogP contribution in [0.2, 0.25) is 0 Å². The number of carbonyl (C=O) groups is 1. The molecule has 1 rings (SSSR count). The molecule has 0 bridgehead atoms. The van der Waals surface area contributed by atoms with Crippen molar-refractivity contribution in [2.24, 2.45) is 0 Å². The highest BCUT2D eigenvalue weighted by Crippen LogP contribution is 2.16. The quantitative estimate of drug-likeness (QED) is 0.774. The Morgan fingerprint density at radius 3 is 2.79 bits per heavy atom. The molecule has 0 aliphatic heterocycles. The van der Waals surface area contributed by atoms with E-state index in [4.69, 9.17) is 11.6 Å². The van der Waals surface area contributed by atoms with E-state index in [2.05, 4.69) is 15.9 Å². The highest BCUT2D eigenvalue weighted by atomic mass is 79.9. The van der Waals surface area contributed by atoms with Gasteiger partial charge in [-0.3, -0.25) is 4.79 Å². The number of benzene rings is 1. The van der Waals surface area contributed by atoms with Crippen LogP contribution in [-0.2, 0) is 17.1 Å². The number of hydrogen-bond acceptors (Lipinski definition) is 1. The molecule has 14 heavy (non-hydrogen) atoms. The van der Waals surface area contributed by atoms with Crippen LogP contribution in [0.5, 0.6) is 0 Å². The highest BCUT2D eigenvalue weighted by Gasteiger charge is 2.11. The maximum absolute atomic E-state index is 13.3. The molecule has 0 radical (unpaired) electrons. The summed E-state index contributed by atoms with van der Waals surface area (Å²) in [5.41, 5.74) is 1.09. The van der Waals surface area contributed by atoms with Gasteiger partial charge >= 0.3 is 0 Å². The molecule has 0 spiro atoms. The fourth-order valence-electron chi connectivity index (χ4n) is 1.17. The number of halogens is 3. The second kappa shape index (κ2) is 5.47.